The Balaban J connectivity index is 4.25. The van der Waals surface area contributed by atoms with Crippen molar-refractivity contribution in [3.8, 4) is 0 Å². The SMILES string of the molecule is CCCCCCCCCNC(=O)CC[C@H](NC(=O)N[C@@H](CCC(=O)O)C(=O)O)C(=O)O. The molecule has 0 aromatic carbocycles. The standard InChI is InChI=1S/C20H35N3O8/c1-2-3-4-5-6-7-8-13-21-16(24)11-9-14(18(27)28)22-20(31)23-15(19(29)30)10-12-17(25)26/h14-15H,2-13H2,1H3,(H,21,24)(H,25,26)(H,27,28)(H,29,30)(H2,22,23,31)/t14-,15-/m0/s1. The van der Waals surface area contributed by atoms with Gasteiger partial charge in [0.25, 0.3) is 0 Å². The maximum absolute atomic E-state index is 11.9. The summed E-state index contributed by atoms with van der Waals surface area (Å²) in [6, 6.07) is -3.93. The molecule has 31 heavy (non-hydrogen) atoms. The quantitative estimate of drug-likeness (QED) is 0.172. The van der Waals surface area contributed by atoms with Gasteiger partial charge >= 0.3 is 23.9 Å². The van der Waals surface area contributed by atoms with Gasteiger partial charge in [-0.25, -0.2) is 14.4 Å². The Morgan fingerprint density at radius 1 is 0.710 bits per heavy atom. The molecule has 2 atom stereocenters. The van der Waals surface area contributed by atoms with Gasteiger partial charge in [-0.3, -0.25) is 9.59 Å². The predicted octanol–water partition coefficient (Wildman–Crippen LogP) is 1.70. The van der Waals surface area contributed by atoms with Crippen LogP contribution in [0.4, 0.5) is 4.79 Å². The number of urea groups is 1. The fourth-order valence-electron chi connectivity index (χ4n) is 2.81. The van der Waals surface area contributed by atoms with Crippen LogP contribution in [0.3, 0.4) is 0 Å². The van der Waals surface area contributed by atoms with E-state index in [1.165, 1.54) is 25.7 Å². The van der Waals surface area contributed by atoms with Gasteiger partial charge in [0.05, 0.1) is 0 Å². The van der Waals surface area contributed by atoms with Crippen LogP contribution >= 0.6 is 0 Å². The number of carboxylic acid groups (broad SMARTS) is 3. The van der Waals surface area contributed by atoms with Gasteiger partial charge in [0.2, 0.25) is 5.91 Å². The van der Waals surface area contributed by atoms with Crippen LogP contribution in [0.1, 0.15) is 77.6 Å². The van der Waals surface area contributed by atoms with Gasteiger partial charge in [0, 0.05) is 19.4 Å². The van der Waals surface area contributed by atoms with Gasteiger partial charge in [0.1, 0.15) is 12.1 Å². The first-order valence-electron chi connectivity index (χ1n) is 10.7. The lowest BCUT2D eigenvalue weighted by atomic mass is 10.1. The molecule has 0 aromatic heterocycles. The number of unbranched alkanes of at least 4 members (excludes halogenated alkanes) is 6. The molecule has 0 saturated carbocycles. The van der Waals surface area contributed by atoms with Crippen LogP contribution in [0.5, 0.6) is 0 Å². The third-order valence-electron chi connectivity index (χ3n) is 4.62. The smallest absolute Gasteiger partial charge is 0.326 e. The Hall–Kier alpha value is -2.85. The van der Waals surface area contributed by atoms with Crippen molar-refractivity contribution in [2.45, 2.75) is 89.6 Å². The van der Waals surface area contributed by atoms with E-state index in [1.807, 2.05) is 5.32 Å². The first-order chi connectivity index (χ1) is 14.7. The van der Waals surface area contributed by atoms with Gasteiger partial charge in [-0.15, -0.1) is 0 Å². The summed E-state index contributed by atoms with van der Waals surface area (Å²) in [7, 11) is 0. The lowest BCUT2D eigenvalue weighted by Gasteiger charge is -2.18. The van der Waals surface area contributed by atoms with Crippen LogP contribution in [-0.2, 0) is 19.2 Å². The summed E-state index contributed by atoms with van der Waals surface area (Å²) >= 11 is 0. The van der Waals surface area contributed by atoms with Gasteiger partial charge in [0.15, 0.2) is 0 Å². The second kappa shape index (κ2) is 16.9. The van der Waals surface area contributed by atoms with E-state index in [0.717, 1.165) is 19.3 Å². The zero-order valence-corrected chi connectivity index (χ0v) is 18.0. The van der Waals surface area contributed by atoms with Gasteiger partial charge in [-0.1, -0.05) is 45.4 Å². The molecule has 0 aliphatic rings. The van der Waals surface area contributed by atoms with Crippen molar-refractivity contribution in [1.82, 2.24) is 16.0 Å². The third kappa shape index (κ3) is 15.6. The average Bonchev–Trinajstić information content (AvgIpc) is 2.69. The van der Waals surface area contributed by atoms with E-state index in [0.29, 0.717) is 6.54 Å². The summed E-state index contributed by atoms with van der Waals surface area (Å²) in [4.78, 5) is 56.8. The normalized spacial score (nSPS) is 12.4. The number of hydrogen-bond donors (Lipinski definition) is 6. The summed E-state index contributed by atoms with van der Waals surface area (Å²) in [6.07, 6.45) is 6.66. The number of nitrogens with one attached hydrogen (secondary N) is 3. The first-order valence-corrected chi connectivity index (χ1v) is 10.7. The van der Waals surface area contributed by atoms with Crippen molar-refractivity contribution >= 4 is 29.8 Å². The monoisotopic (exact) mass is 445 g/mol. The summed E-state index contributed by atoms with van der Waals surface area (Å²) in [5.74, 6) is -4.36. The zero-order chi connectivity index (χ0) is 23.6. The average molecular weight is 446 g/mol. The highest BCUT2D eigenvalue weighted by atomic mass is 16.4. The van der Waals surface area contributed by atoms with Gasteiger partial charge in [-0.05, 0) is 19.3 Å². The lowest BCUT2D eigenvalue weighted by Crippen LogP contribution is -2.51. The molecule has 0 saturated heterocycles. The number of carboxylic acids is 3. The maximum atomic E-state index is 11.9. The molecule has 0 heterocycles. The Labute approximate surface area is 182 Å². The van der Waals surface area contributed by atoms with Crippen LogP contribution in [0.2, 0.25) is 0 Å². The zero-order valence-electron chi connectivity index (χ0n) is 18.0. The van der Waals surface area contributed by atoms with E-state index in [2.05, 4.69) is 17.6 Å². The van der Waals surface area contributed by atoms with Crippen molar-refractivity contribution in [2.24, 2.45) is 0 Å². The molecule has 0 unspecified atom stereocenters. The molecule has 0 aromatic rings. The van der Waals surface area contributed by atoms with Crippen LogP contribution in [-0.4, -0.2) is 63.8 Å². The lowest BCUT2D eigenvalue weighted by molar-refractivity contribution is -0.141. The number of carbonyl (C=O) groups excluding carboxylic acids is 2. The maximum Gasteiger partial charge on any atom is 0.326 e. The van der Waals surface area contributed by atoms with E-state index >= 15 is 0 Å². The molecule has 178 valence electrons. The molecule has 0 spiro atoms. The summed E-state index contributed by atoms with van der Waals surface area (Å²) in [5.41, 5.74) is 0. The molecule has 0 fully saturated rings. The summed E-state index contributed by atoms with van der Waals surface area (Å²) < 4.78 is 0. The molecular formula is C20H35N3O8. The minimum Gasteiger partial charge on any atom is -0.481 e. The Kier molecular flexibility index (Phi) is 15.3. The second-order valence-electron chi connectivity index (χ2n) is 7.34. The highest BCUT2D eigenvalue weighted by Crippen LogP contribution is 2.06. The van der Waals surface area contributed by atoms with E-state index in [9.17, 15) is 29.1 Å². The number of aliphatic carboxylic acids is 3. The number of rotatable bonds is 18. The van der Waals surface area contributed by atoms with E-state index in [-0.39, 0.29) is 25.2 Å². The van der Waals surface area contributed by atoms with Crippen molar-refractivity contribution in [1.29, 1.82) is 0 Å². The molecule has 3 amide bonds. The van der Waals surface area contributed by atoms with Gasteiger partial charge < -0.3 is 31.3 Å². The Morgan fingerprint density at radius 2 is 1.19 bits per heavy atom. The summed E-state index contributed by atoms with van der Waals surface area (Å²) in [5, 5.41) is 33.7. The number of hydrogen-bond acceptors (Lipinski definition) is 5. The molecule has 0 aliphatic heterocycles. The minimum absolute atomic E-state index is 0.116. The molecule has 0 aliphatic carbocycles. The van der Waals surface area contributed by atoms with Crippen LogP contribution in [0.25, 0.3) is 0 Å². The van der Waals surface area contributed by atoms with E-state index in [1.54, 1.807) is 0 Å². The van der Waals surface area contributed by atoms with Crippen molar-refractivity contribution in [3.05, 3.63) is 0 Å². The predicted molar refractivity (Wildman–Crippen MR) is 112 cm³/mol. The highest BCUT2D eigenvalue weighted by Gasteiger charge is 2.25. The molecule has 0 radical (unpaired) electrons. The topological polar surface area (TPSA) is 182 Å². The molecular weight excluding hydrogens is 410 g/mol. The molecule has 0 rings (SSSR count). The summed E-state index contributed by atoms with van der Waals surface area (Å²) in [6.45, 7) is 2.66. The van der Waals surface area contributed by atoms with Crippen LogP contribution < -0.4 is 16.0 Å². The Bertz CT molecular complexity index is 597. The van der Waals surface area contributed by atoms with Gasteiger partial charge in [-0.2, -0.15) is 0 Å². The van der Waals surface area contributed by atoms with Crippen molar-refractivity contribution in [2.75, 3.05) is 6.54 Å². The number of carbonyl (C=O) groups is 5. The number of amides is 3. The largest absolute Gasteiger partial charge is 0.481 e. The third-order valence-corrected chi connectivity index (χ3v) is 4.62. The molecule has 11 heteroatoms. The Morgan fingerprint density at radius 3 is 1.68 bits per heavy atom. The van der Waals surface area contributed by atoms with E-state index < -0.39 is 42.4 Å². The molecule has 11 nitrogen and oxygen atoms in total. The molecule has 0 bridgehead atoms. The van der Waals surface area contributed by atoms with Crippen LogP contribution in [0, 0.1) is 0 Å². The van der Waals surface area contributed by atoms with Crippen LogP contribution in [0.15, 0.2) is 0 Å². The molecule has 6 N–H and O–H groups in total. The minimum atomic E-state index is -1.48. The van der Waals surface area contributed by atoms with Crippen molar-refractivity contribution < 1.29 is 39.3 Å². The van der Waals surface area contributed by atoms with Crippen molar-refractivity contribution in [3.63, 3.8) is 0 Å². The highest BCUT2D eigenvalue weighted by molar-refractivity contribution is 5.86. The fourth-order valence-corrected chi connectivity index (χ4v) is 2.81. The first kappa shape index (κ1) is 28.1. The second-order valence-corrected chi connectivity index (χ2v) is 7.34. The fraction of sp³-hybridized carbons (Fsp3) is 0.750. The van der Waals surface area contributed by atoms with E-state index in [4.69, 9.17) is 10.2 Å².